The van der Waals surface area contributed by atoms with Gasteiger partial charge in [-0.3, -0.25) is 15.1 Å². The van der Waals surface area contributed by atoms with Crippen LogP contribution in [0.15, 0.2) is 36.5 Å². The second-order valence-electron chi connectivity index (χ2n) is 6.99. The molecular weight excluding hydrogens is 362 g/mol. The minimum atomic E-state index is -4.44. The molecule has 0 saturated carbocycles. The number of carbonyl (C=O) groups excluding carboxylic acids is 1. The van der Waals surface area contributed by atoms with Crippen LogP contribution < -0.4 is 10.6 Å². The number of nitrogens with one attached hydrogen (secondary N) is 2. The van der Waals surface area contributed by atoms with E-state index in [9.17, 15) is 22.4 Å². The lowest BCUT2D eigenvalue weighted by atomic mass is 9.96. The third kappa shape index (κ3) is 3.18. The lowest BCUT2D eigenvalue weighted by Gasteiger charge is -2.22. The van der Waals surface area contributed by atoms with Gasteiger partial charge in [-0.1, -0.05) is 12.1 Å². The Morgan fingerprint density at radius 3 is 2.52 bits per heavy atom. The zero-order valence-electron chi connectivity index (χ0n) is 14.2. The normalized spacial score (nSPS) is 25.2. The van der Waals surface area contributed by atoms with E-state index in [1.54, 1.807) is 6.07 Å². The predicted octanol–water partition coefficient (Wildman–Crippen LogP) is 3.59. The summed E-state index contributed by atoms with van der Waals surface area (Å²) in [6.07, 6.45) is -1.33. The molecule has 1 spiro atoms. The monoisotopic (exact) mass is 379 g/mol. The molecule has 2 aliphatic heterocycles. The number of halogens is 4. The van der Waals surface area contributed by atoms with Crippen LogP contribution in [0.2, 0.25) is 0 Å². The fourth-order valence-corrected chi connectivity index (χ4v) is 3.84. The number of rotatable bonds is 2. The zero-order valence-corrected chi connectivity index (χ0v) is 14.2. The van der Waals surface area contributed by atoms with E-state index in [1.807, 2.05) is 0 Å². The van der Waals surface area contributed by atoms with Gasteiger partial charge in [0, 0.05) is 12.1 Å². The van der Waals surface area contributed by atoms with Gasteiger partial charge >= 0.3 is 6.18 Å². The molecule has 4 rings (SSSR count). The minimum Gasteiger partial charge on any atom is -0.354 e. The van der Waals surface area contributed by atoms with E-state index in [0.29, 0.717) is 37.1 Å². The molecule has 2 atom stereocenters. The van der Waals surface area contributed by atoms with Crippen molar-refractivity contribution in [1.29, 1.82) is 0 Å². The maximum Gasteiger partial charge on any atom is 0.416 e. The minimum absolute atomic E-state index is 0.0323. The number of alkyl halides is 3. The summed E-state index contributed by atoms with van der Waals surface area (Å²) in [6, 6.07) is 5.70. The molecule has 142 valence electrons. The smallest absolute Gasteiger partial charge is 0.354 e. The van der Waals surface area contributed by atoms with Crippen LogP contribution >= 0.6 is 0 Å². The molecule has 1 amide bonds. The van der Waals surface area contributed by atoms with Crippen molar-refractivity contribution in [2.24, 2.45) is 0 Å². The number of carbonyl (C=O) groups is 1. The molecule has 1 aromatic carbocycles. The van der Waals surface area contributed by atoms with E-state index >= 15 is 0 Å². The molecule has 0 bridgehead atoms. The van der Waals surface area contributed by atoms with E-state index in [1.165, 1.54) is 12.1 Å². The fourth-order valence-electron chi connectivity index (χ4n) is 3.84. The molecule has 27 heavy (non-hydrogen) atoms. The van der Waals surface area contributed by atoms with E-state index in [4.69, 9.17) is 0 Å². The van der Waals surface area contributed by atoms with Crippen molar-refractivity contribution in [3.8, 4) is 11.1 Å². The van der Waals surface area contributed by atoms with E-state index in [-0.39, 0.29) is 17.5 Å². The third-order valence-corrected chi connectivity index (χ3v) is 5.34. The Labute approximate surface area is 153 Å². The van der Waals surface area contributed by atoms with Gasteiger partial charge in [-0.2, -0.15) is 13.2 Å². The van der Waals surface area contributed by atoms with E-state index in [2.05, 4.69) is 15.6 Å². The molecule has 0 aliphatic carbocycles. The summed E-state index contributed by atoms with van der Waals surface area (Å²) in [5.41, 5.74) is -0.284. The molecule has 2 unspecified atom stereocenters. The van der Waals surface area contributed by atoms with Crippen LogP contribution in [0, 0.1) is 5.82 Å². The number of benzene rings is 1. The van der Waals surface area contributed by atoms with Gasteiger partial charge in [0.1, 0.15) is 11.4 Å². The topological polar surface area (TPSA) is 54.0 Å². The molecule has 1 aromatic heterocycles. The van der Waals surface area contributed by atoms with Crippen LogP contribution in [0.25, 0.3) is 11.1 Å². The van der Waals surface area contributed by atoms with E-state index in [0.717, 1.165) is 18.3 Å². The number of hydrogen-bond acceptors (Lipinski definition) is 3. The van der Waals surface area contributed by atoms with Crippen molar-refractivity contribution in [1.82, 2.24) is 15.6 Å². The summed E-state index contributed by atoms with van der Waals surface area (Å²) in [5.74, 6) is -0.639. The van der Waals surface area contributed by atoms with Crippen molar-refractivity contribution < 1.29 is 22.4 Å². The Bertz CT molecular complexity index is 882. The number of hydrogen-bond donors (Lipinski definition) is 2. The van der Waals surface area contributed by atoms with Crippen molar-refractivity contribution in [3.05, 3.63) is 53.6 Å². The molecule has 2 fully saturated rings. The summed E-state index contributed by atoms with van der Waals surface area (Å²) < 4.78 is 52.4. The number of nitrogens with zero attached hydrogens (tertiary/aromatic N) is 1. The SMILES string of the molecule is O=C1NCCC12CCC(c1cc(-c3ccc(C(F)(F)F)cc3)c(F)cn1)N2. The van der Waals surface area contributed by atoms with Crippen molar-refractivity contribution in [2.45, 2.75) is 37.0 Å². The van der Waals surface area contributed by atoms with Crippen molar-refractivity contribution in [2.75, 3.05) is 6.54 Å². The first-order valence-corrected chi connectivity index (χ1v) is 8.68. The summed E-state index contributed by atoms with van der Waals surface area (Å²) in [4.78, 5) is 16.2. The van der Waals surface area contributed by atoms with Gasteiger partial charge in [0.2, 0.25) is 5.91 Å². The van der Waals surface area contributed by atoms with Gasteiger partial charge in [-0.15, -0.1) is 0 Å². The molecule has 2 aliphatic rings. The molecule has 8 heteroatoms. The standard InChI is InChI=1S/C19H17F4N3O/c20-14-10-25-16(15-5-6-18(26-15)7-8-24-17(18)27)9-13(14)11-1-3-12(4-2-11)19(21,22)23/h1-4,9-10,15,26H,5-8H2,(H,24,27). The van der Waals surface area contributed by atoms with Gasteiger partial charge in [-0.25, -0.2) is 4.39 Å². The first-order chi connectivity index (χ1) is 12.8. The first-order valence-electron chi connectivity index (χ1n) is 8.68. The average Bonchev–Trinajstić information content (AvgIpc) is 3.22. The van der Waals surface area contributed by atoms with Crippen LogP contribution in [-0.2, 0) is 11.0 Å². The molecule has 2 saturated heterocycles. The highest BCUT2D eigenvalue weighted by atomic mass is 19.4. The Hall–Kier alpha value is -2.48. The number of amides is 1. The average molecular weight is 379 g/mol. The highest BCUT2D eigenvalue weighted by Crippen LogP contribution is 2.38. The number of aromatic nitrogens is 1. The largest absolute Gasteiger partial charge is 0.416 e. The molecule has 0 radical (unpaired) electrons. The van der Waals surface area contributed by atoms with Gasteiger partial charge in [0.25, 0.3) is 0 Å². The predicted molar refractivity (Wildman–Crippen MR) is 90.1 cm³/mol. The first kappa shape index (κ1) is 17.9. The highest BCUT2D eigenvalue weighted by Gasteiger charge is 2.48. The Kier molecular flexibility index (Phi) is 4.18. The molecule has 4 nitrogen and oxygen atoms in total. The molecule has 3 heterocycles. The second-order valence-corrected chi connectivity index (χ2v) is 6.99. The molecular formula is C19H17F4N3O. The molecule has 2 N–H and O–H groups in total. The highest BCUT2D eigenvalue weighted by molar-refractivity contribution is 5.88. The van der Waals surface area contributed by atoms with Gasteiger partial charge in [0.05, 0.1) is 23.5 Å². The molecule has 2 aromatic rings. The third-order valence-electron chi connectivity index (χ3n) is 5.34. The number of pyridine rings is 1. The van der Waals surface area contributed by atoms with Crippen LogP contribution in [0.5, 0.6) is 0 Å². The Morgan fingerprint density at radius 2 is 1.89 bits per heavy atom. The van der Waals surface area contributed by atoms with Gasteiger partial charge in [-0.05, 0) is 43.0 Å². The summed E-state index contributed by atoms with van der Waals surface area (Å²) in [7, 11) is 0. The summed E-state index contributed by atoms with van der Waals surface area (Å²) >= 11 is 0. The quantitative estimate of drug-likeness (QED) is 0.785. The Morgan fingerprint density at radius 1 is 1.15 bits per heavy atom. The van der Waals surface area contributed by atoms with Gasteiger partial charge in [0.15, 0.2) is 0 Å². The van der Waals surface area contributed by atoms with Crippen LogP contribution in [-0.4, -0.2) is 23.0 Å². The van der Waals surface area contributed by atoms with Crippen molar-refractivity contribution >= 4 is 5.91 Å². The maximum absolute atomic E-state index is 14.3. The summed E-state index contributed by atoms with van der Waals surface area (Å²) in [6.45, 7) is 0.617. The second kappa shape index (κ2) is 6.30. The maximum atomic E-state index is 14.3. The summed E-state index contributed by atoms with van der Waals surface area (Å²) in [5, 5.41) is 6.13. The lowest BCUT2D eigenvalue weighted by Crippen LogP contribution is -2.47. The van der Waals surface area contributed by atoms with Crippen LogP contribution in [0.3, 0.4) is 0 Å². The van der Waals surface area contributed by atoms with Crippen LogP contribution in [0.1, 0.15) is 36.6 Å². The van der Waals surface area contributed by atoms with Crippen LogP contribution in [0.4, 0.5) is 17.6 Å². The van der Waals surface area contributed by atoms with Crippen molar-refractivity contribution in [3.63, 3.8) is 0 Å². The van der Waals surface area contributed by atoms with E-state index < -0.39 is 23.1 Å². The Balaban J connectivity index is 1.62. The fraction of sp³-hybridized carbons (Fsp3) is 0.368. The lowest BCUT2D eigenvalue weighted by molar-refractivity contribution is -0.137. The van der Waals surface area contributed by atoms with Gasteiger partial charge < -0.3 is 5.32 Å². The zero-order chi connectivity index (χ0) is 19.2.